The number of nitrogens with zero attached hydrogens (tertiary/aromatic N) is 3. The third-order valence-corrected chi connectivity index (χ3v) is 4.85. The van der Waals surface area contributed by atoms with E-state index >= 15 is 0 Å². The average molecular weight is 369 g/mol. The molecule has 0 aromatic heterocycles. The number of rotatable bonds is 4. The lowest BCUT2D eigenvalue weighted by Gasteiger charge is -2.35. The van der Waals surface area contributed by atoms with E-state index in [1.165, 1.54) is 21.9 Å². The van der Waals surface area contributed by atoms with Crippen molar-refractivity contribution in [3.05, 3.63) is 34.6 Å². The van der Waals surface area contributed by atoms with Crippen molar-refractivity contribution in [3.8, 4) is 0 Å². The summed E-state index contributed by atoms with van der Waals surface area (Å²) in [6.07, 6.45) is 0. The molecule has 0 saturated carbocycles. The number of nitrogens with one attached hydrogen (secondary N) is 1. The van der Waals surface area contributed by atoms with Crippen molar-refractivity contribution in [3.63, 3.8) is 0 Å². The normalized spacial score (nSPS) is 20.4. The molecule has 4 amide bonds. The lowest BCUT2D eigenvalue weighted by molar-refractivity contribution is -0.133. The molecule has 7 nitrogen and oxygen atoms in total. The van der Waals surface area contributed by atoms with Crippen LogP contribution in [-0.2, 0) is 16.1 Å². The molecule has 2 heterocycles. The fourth-order valence-corrected chi connectivity index (χ4v) is 3.25. The molecule has 2 fully saturated rings. The molecule has 1 N–H and O–H groups in total. The molecule has 0 bridgehead atoms. The van der Waals surface area contributed by atoms with E-state index in [2.05, 4.69) is 5.32 Å². The zero-order valence-electron chi connectivity index (χ0n) is 13.7. The maximum atomic E-state index is 13.8. The summed E-state index contributed by atoms with van der Waals surface area (Å²) in [5.41, 5.74) is 0.269. The summed E-state index contributed by atoms with van der Waals surface area (Å²) in [5, 5.41) is 2.54. The number of carbonyl (C=O) groups excluding carboxylic acids is 3. The largest absolute Gasteiger partial charge is 0.340 e. The van der Waals surface area contributed by atoms with Gasteiger partial charge in [-0.1, -0.05) is 17.7 Å². The van der Waals surface area contributed by atoms with Gasteiger partial charge in [0.15, 0.2) is 0 Å². The Hall–Kier alpha value is -2.19. The van der Waals surface area contributed by atoms with Crippen LogP contribution < -0.4 is 5.32 Å². The molecule has 25 heavy (non-hydrogen) atoms. The van der Waals surface area contributed by atoms with Crippen molar-refractivity contribution in [1.29, 1.82) is 0 Å². The lowest BCUT2D eigenvalue weighted by Crippen LogP contribution is -2.54. The number of halogens is 2. The quantitative estimate of drug-likeness (QED) is 0.793. The van der Waals surface area contributed by atoms with Gasteiger partial charge < -0.3 is 9.80 Å². The number of hydrogen-bond acceptors (Lipinski definition) is 4. The molecule has 2 aliphatic rings. The van der Waals surface area contributed by atoms with Gasteiger partial charge in [-0.3, -0.25) is 19.8 Å². The summed E-state index contributed by atoms with van der Waals surface area (Å²) in [6.45, 7) is 1.34. The van der Waals surface area contributed by atoms with Crippen LogP contribution in [0, 0.1) is 5.82 Å². The molecule has 0 unspecified atom stereocenters. The van der Waals surface area contributed by atoms with Gasteiger partial charge in [0.05, 0.1) is 6.54 Å². The van der Waals surface area contributed by atoms with Gasteiger partial charge in [0.25, 0.3) is 5.91 Å². The Labute approximate surface area is 149 Å². The van der Waals surface area contributed by atoms with Crippen LogP contribution in [0.5, 0.6) is 0 Å². The van der Waals surface area contributed by atoms with Gasteiger partial charge in [0, 0.05) is 43.8 Å². The minimum Gasteiger partial charge on any atom is -0.340 e. The van der Waals surface area contributed by atoms with Gasteiger partial charge in [0.1, 0.15) is 11.9 Å². The van der Waals surface area contributed by atoms with Gasteiger partial charge in [-0.05, 0) is 12.1 Å². The van der Waals surface area contributed by atoms with Crippen molar-refractivity contribution < 1.29 is 18.8 Å². The minimum absolute atomic E-state index is 0.0622. The number of likely N-dealkylation sites (N-methyl/N-ethyl adjacent to an activating group) is 1. The first kappa shape index (κ1) is 17.6. The van der Waals surface area contributed by atoms with Crippen LogP contribution in [0.3, 0.4) is 0 Å². The van der Waals surface area contributed by atoms with Gasteiger partial charge in [-0.25, -0.2) is 9.18 Å². The molecular formula is C16H18ClFN4O3. The van der Waals surface area contributed by atoms with Crippen molar-refractivity contribution in [2.45, 2.75) is 12.6 Å². The standard InChI is InChI=1S/C16H18ClFN4O3/c1-20(7-10-11(17)3-2-4-12(10)18)14(23)9-21-5-6-22-13(8-21)15(24)19-16(22)25/h2-4,13H,5-9H2,1H3,(H,19,24,25)/t13-/m1/s1. The second kappa shape index (κ2) is 6.97. The van der Waals surface area contributed by atoms with Crippen LogP contribution in [0.25, 0.3) is 0 Å². The van der Waals surface area contributed by atoms with Crippen LogP contribution in [0.15, 0.2) is 18.2 Å². The molecule has 134 valence electrons. The van der Waals surface area contributed by atoms with Gasteiger partial charge in [0.2, 0.25) is 5.91 Å². The number of benzene rings is 1. The zero-order valence-corrected chi connectivity index (χ0v) is 14.4. The summed E-state index contributed by atoms with van der Waals surface area (Å²) in [4.78, 5) is 40.4. The van der Waals surface area contributed by atoms with E-state index in [1.54, 1.807) is 13.1 Å². The van der Waals surface area contributed by atoms with Crippen molar-refractivity contribution in [2.75, 3.05) is 33.2 Å². The predicted molar refractivity (Wildman–Crippen MR) is 88.4 cm³/mol. The first-order valence-electron chi connectivity index (χ1n) is 7.87. The van der Waals surface area contributed by atoms with Crippen molar-refractivity contribution >= 4 is 29.4 Å². The highest BCUT2D eigenvalue weighted by Crippen LogP contribution is 2.21. The minimum atomic E-state index is -0.555. The number of imide groups is 1. The number of amides is 4. The number of urea groups is 1. The number of carbonyl (C=O) groups is 3. The fourth-order valence-electron chi connectivity index (χ4n) is 3.03. The fraction of sp³-hybridized carbons (Fsp3) is 0.438. The van der Waals surface area contributed by atoms with E-state index in [9.17, 15) is 18.8 Å². The van der Waals surface area contributed by atoms with E-state index < -0.39 is 11.9 Å². The monoisotopic (exact) mass is 368 g/mol. The molecular weight excluding hydrogens is 351 g/mol. The van der Waals surface area contributed by atoms with Crippen LogP contribution in [0.1, 0.15) is 5.56 Å². The first-order valence-corrected chi connectivity index (χ1v) is 8.25. The van der Waals surface area contributed by atoms with E-state index in [-0.39, 0.29) is 41.5 Å². The van der Waals surface area contributed by atoms with Gasteiger partial charge in [-0.15, -0.1) is 0 Å². The third kappa shape index (κ3) is 3.59. The number of hydrogen-bond donors (Lipinski definition) is 1. The SMILES string of the molecule is CN(Cc1c(F)cccc1Cl)C(=O)CN1CCN2C(=O)NC(=O)[C@H]2C1. The van der Waals surface area contributed by atoms with Crippen LogP contribution >= 0.6 is 11.6 Å². The molecule has 1 aromatic rings. The first-order chi connectivity index (χ1) is 11.9. The Kier molecular flexibility index (Phi) is 4.91. The second-order valence-electron chi connectivity index (χ2n) is 6.19. The van der Waals surface area contributed by atoms with Gasteiger partial charge in [-0.2, -0.15) is 0 Å². The van der Waals surface area contributed by atoms with Crippen molar-refractivity contribution in [2.24, 2.45) is 0 Å². The maximum absolute atomic E-state index is 13.8. The summed E-state index contributed by atoms with van der Waals surface area (Å²) in [5.74, 6) is -1.01. The number of fused-ring (bicyclic) bond motifs is 1. The molecule has 0 spiro atoms. The molecule has 1 aromatic carbocycles. The molecule has 0 radical (unpaired) electrons. The van der Waals surface area contributed by atoms with Gasteiger partial charge >= 0.3 is 6.03 Å². The van der Waals surface area contributed by atoms with Crippen LogP contribution in [-0.4, -0.2) is 71.8 Å². The summed E-state index contributed by atoms with van der Waals surface area (Å²) in [7, 11) is 1.58. The van der Waals surface area contributed by atoms with E-state index in [4.69, 9.17) is 11.6 Å². The molecule has 9 heteroatoms. The Morgan fingerprint density at radius 2 is 2.16 bits per heavy atom. The van der Waals surface area contributed by atoms with E-state index in [0.29, 0.717) is 19.6 Å². The number of piperazine rings is 1. The maximum Gasteiger partial charge on any atom is 0.324 e. The topological polar surface area (TPSA) is 73.0 Å². The van der Waals surface area contributed by atoms with E-state index in [1.807, 2.05) is 4.90 Å². The molecule has 2 saturated heterocycles. The lowest BCUT2D eigenvalue weighted by atomic mass is 10.1. The highest BCUT2D eigenvalue weighted by atomic mass is 35.5. The van der Waals surface area contributed by atoms with Crippen LogP contribution in [0.2, 0.25) is 5.02 Å². The molecule has 3 rings (SSSR count). The zero-order chi connectivity index (χ0) is 18.1. The Bertz CT molecular complexity index is 709. The highest BCUT2D eigenvalue weighted by Gasteiger charge is 2.42. The summed E-state index contributed by atoms with van der Waals surface area (Å²) in [6, 6.07) is 3.45. The second-order valence-corrected chi connectivity index (χ2v) is 6.60. The summed E-state index contributed by atoms with van der Waals surface area (Å²) >= 11 is 5.99. The Balaban J connectivity index is 1.59. The van der Waals surface area contributed by atoms with Crippen LogP contribution in [0.4, 0.5) is 9.18 Å². The molecule has 1 atom stereocenters. The smallest absolute Gasteiger partial charge is 0.324 e. The molecule has 0 aliphatic carbocycles. The predicted octanol–water partition coefficient (Wildman–Crippen LogP) is 0.673. The Morgan fingerprint density at radius 1 is 1.40 bits per heavy atom. The average Bonchev–Trinajstić information content (AvgIpc) is 2.85. The molecule has 2 aliphatic heterocycles. The van der Waals surface area contributed by atoms with Crippen molar-refractivity contribution in [1.82, 2.24) is 20.0 Å². The third-order valence-electron chi connectivity index (χ3n) is 4.50. The van der Waals surface area contributed by atoms with E-state index in [0.717, 1.165) is 0 Å². The summed E-state index contributed by atoms with van der Waals surface area (Å²) < 4.78 is 13.8. The Morgan fingerprint density at radius 3 is 2.88 bits per heavy atom. The highest BCUT2D eigenvalue weighted by molar-refractivity contribution is 6.31.